The van der Waals surface area contributed by atoms with Gasteiger partial charge in [-0.3, -0.25) is 4.90 Å². The van der Waals surface area contributed by atoms with Crippen molar-refractivity contribution in [3.63, 3.8) is 0 Å². The molecule has 1 heterocycles. The van der Waals surface area contributed by atoms with Gasteiger partial charge in [0, 0.05) is 19.2 Å². The number of nitrogens with zero attached hydrogens (tertiary/aromatic N) is 1. The predicted molar refractivity (Wildman–Crippen MR) is 66.2 cm³/mol. The Labute approximate surface area is 97.9 Å². The maximum absolute atomic E-state index is 9.23. The van der Waals surface area contributed by atoms with Crippen molar-refractivity contribution in [1.29, 1.82) is 0 Å². The molecule has 0 bridgehead atoms. The number of aliphatic hydroxyl groups excluding tert-OH is 1. The van der Waals surface area contributed by atoms with Crippen LogP contribution >= 0.6 is 0 Å². The Kier molecular flexibility index (Phi) is 3.97. The summed E-state index contributed by atoms with van der Waals surface area (Å²) < 4.78 is 0. The molecule has 2 nitrogen and oxygen atoms in total. The molecule has 0 amide bonds. The van der Waals surface area contributed by atoms with Crippen LogP contribution in [0.15, 0.2) is 30.3 Å². The predicted octanol–water partition coefficient (Wildman–Crippen LogP) is 2.45. The summed E-state index contributed by atoms with van der Waals surface area (Å²) in [7, 11) is 0. The molecule has 2 unspecified atom stereocenters. The highest BCUT2D eigenvalue weighted by molar-refractivity contribution is 5.18. The number of aliphatic hydroxyl groups is 1. The molecular formula is C14H21NO. The van der Waals surface area contributed by atoms with E-state index in [0.717, 1.165) is 13.1 Å². The molecule has 0 aliphatic carbocycles. The van der Waals surface area contributed by atoms with Crippen LogP contribution in [-0.2, 0) is 0 Å². The van der Waals surface area contributed by atoms with Gasteiger partial charge >= 0.3 is 0 Å². The lowest BCUT2D eigenvalue weighted by Crippen LogP contribution is -2.38. The first-order chi connectivity index (χ1) is 7.81. The fraction of sp³-hybridized carbons (Fsp3) is 0.571. The summed E-state index contributed by atoms with van der Waals surface area (Å²) >= 11 is 0. The van der Waals surface area contributed by atoms with E-state index in [0.29, 0.717) is 18.6 Å². The van der Waals surface area contributed by atoms with Gasteiger partial charge in [0.25, 0.3) is 0 Å². The maximum atomic E-state index is 9.23. The molecule has 1 aliphatic rings. The Bertz CT molecular complexity index is 312. The van der Waals surface area contributed by atoms with Gasteiger partial charge in [-0.1, -0.05) is 30.3 Å². The summed E-state index contributed by atoms with van der Waals surface area (Å²) in [5.41, 5.74) is 1.38. The third-order valence-corrected chi connectivity index (χ3v) is 3.64. The van der Waals surface area contributed by atoms with E-state index in [2.05, 4.69) is 42.2 Å². The van der Waals surface area contributed by atoms with Crippen LogP contribution in [0.4, 0.5) is 0 Å². The van der Waals surface area contributed by atoms with Gasteiger partial charge in [0.1, 0.15) is 0 Å². The second-order valence-corrected chi connectivity index (χ2v) is 4.77. The highest BCUT2D eigenvalue weighted by atomic mass is 16.3. The van der Waals surface area contributed by atoms with Crippen LogP contribution < -0.4 is 0 Å². The number of rotatable bonds is 3. The van der Waals surface area contributed by atoms with Gasteiger partial charge < -0.3 is 5.11 Å². The first-order valence-corrected chi connectivity index (χ1v) is 6.21. The number of benzene rings is 1. The third-order valence-electron chi connectivity index (χ3n) is 3.64. The second kappa shape index (κ2) is 5.46. The minimum Gasteiger partial charge on any atom is -0.396 e. The maximum Gasteiger partial charge on any atom is 0.0471 e. The van der Waals surface area contributed by atoms with Crippen molar-refractivity contribution in [2.45, 2.75) is 25.8 Å². The molecule has 1 aromatic carbocycles. The smallest absolute Gasteiger partial charge is 0.0471 e. The lowest BCUT2D eigenvalue weighted by molar-refractivity contribution is 0.0936. The Balaban J connectivity index is 2.01. The quantitative estimate of drug-likeness (QED) is 0.844. The molecule has 1 N–H and O–H groups in total. The number of piperidine rings is 1. The fourth-order valence-corrected chi connectivity index (χ4v) is 2.54. The topological polar surface area (TPSA) is 23.5 Å². The largest absolute Gasteiger partial charge is 0.396 e. The molecule has 2 rings (SSSR count). The van der Waals surface area contributed by atoms with Gasteiger partial charge in [-0.2, -0.15) is 0 Å². The minimum atomic E-state index is 0.331. The summed E-state index contributed by atoms with van der Waals surface area (Å²) in [6.45, 7) is 4.78. The van der Waals surface area contributed by atoms with Gasteiger partial charge in [0.2, 0.25) is 0 Å². The fourth-order valence-electron chi connectivity index (χ4n) is 2.54. The zero-order chi connectivity index (χ0) is 11.4. The first kappa shape index (κ1) is 11.6. The zero-order valence-electron chi connectivity index (χ0n) is 9.97. The Morgan fingerprint density at radius 2 is 2.12 bits per heavy atom. The van der Waals surface area contributed by atoms with Crippen LogP contribution in [0.1, 0.15) is 31.4 Å². The molecule has 88 valence electrons. The molecule has 1 fully saturated rings. The highest BCUT2D eigenvalue weighted by Crippen LogP contribution is 2.26. The van der Waals surface area contributed by atoms with Crippen molar-refractivity contribution >= 4 is 0 Å². The van der Waals surface area contributed by atoms with Crippen LogP contribution in [0, 0.1) is 5.92 Å². The van der Waals surface area contributed by atoms with Crippen molar-refractivity contribution in [2.75, 3.05) is 19.7 Å². The first-order valence-electron chi connectivity index (χ1n) is 6.21. The summed E-state index contributed by atoms with van der Waals surface area (Å²) in [5.74, 6) is 0.472. The average molecular weight is 219 g/mol. The number of hydrogen-bond donors (Lipinski definition) is 1. The van der Waals surface area contributed by atoms with Crippen molar-refractivity contribution < 1.29 is 5.11 Å². The van der Waals surface area contributed by atoms with Crippen molar-refractivity contribution in [2.24, 2.45) is 5.92 Å². The van der Waals surface area contributed by atoms with E-state index in [-0.39, 0.29) is 0 Å². The molecule has 1 saturated heterocycles. The Morgan fingerprint density at radius 1 is 1.38 bits per heavy atom. The van der Waals surface area contributed by atoms with Gasteiger partial charge in [0.15, 0.2) is 0 Å². The van der Waals surface area contributed by atoms with Crippen LogP contribution in [0.5, 0.6) is 0 Å². The molecule has 0 aromatic heterocycles. The van der Waals surface area contributed by atoms with Gasteiger partial charge in [-0.15, -0.1) is 0 Å². The molecule has 0 saturated carbocycles. The second-order valence-electron chi connectivity index (χ2n) is 4.77. The van der Waals surface area contributed by atoms with Gasteiger partial charge in [-0.05, 0) is 37.8 Å². The Morgan fingerprint density at radius 3 is 2.81 bits per heavy atom. The summed E-state index contributed by atoms with van der Waals surface area (Å²) in [6, 6.07) is 11.1. The van der Waals surface area contributed by atoms with E-state index in [1.807, 2.05) is 0 Å². The molecule has 2 atom stereocenters. The monoisotopic (exact) mass is 219 g/mol. The minimum absolute atomic E-state index is 0.331. The molecule has 0 radical (unpaired) electrons. The molecule has 2 heteroatoms. The lowest BCUT2D eigenvalue weighted by Gasteiger charge is -2.36. The molecule has 0 spiro atoms. The standard InChI is InChI=1S/C14H21NO/c1-12(14-7-3-2-4-8-14)15-9-5-6-13(10-15)11-16/h2-4,7-8,12-13,16H,5-6,9-11H2,1H3. The summed E-state index contributed by atoms with van der Waals surface area (Å²) in [5, 5.41) is 9.23. The molecular weight excluding hydrogens is 198 g/mol. The summed E-state index contributed by atoms with van der Waals surface area (Å²) in [4.78, 5) is 2.49. The average Bonchev–Trinajstić information content (AvgIpc) is 2.39. The lowest BCUT2D eigenvalue weighted by atomic mass is 9.96. The normalized spacial score (nSPS) is 24.2. The Hall–Kier alpha value is -0.860. The van der Waals surface area contributed by atoms with Crippen LogP contribution in [0.3, 0.4) is 0 Å². The van der Waals surface area contributed by atoms with Crippen LogP contribution in [-0.4, -0.2) is 29.7 Å². The van der Waals surface area contributed by atoms with E-state index in [1.165, 1.54) is 18.4 Å². The number of hydrogen-bond acceptors (Lipinski definition) is 2. The van der Waals surface area contributed by atoms with E-state index < -0.39 is 0 Å². The molecule has 1 aromatic rings. The van der Waals surface area contributed by atoms with E-state index in [9.17, 15) is 5.11 Å². The van der Waals surface area contributed by atoms with Gasteiger partial charge in [0.05, 0.1) is 0 Å². The van der Waals surface area contributed by atoms with E-state index in [1.54, 1.807) is 0 Å². The van der Waals surface area contributed by atoms with Crippen molar-refractivity contribution in [1.82, 2.24) is 4.90 Å². The van der Waals surface area contributed by atoms with E-state index >= 15 is 0 Å². The molecule has 16 heavy (non-hydrogen) atoms. The van der Waals surface area contributed by atoms with Crippen molar-refractivity contribution in [3.8, 4) is 0 Å². The number of likely N-dealkylation sites (tertiary alicyclic amines) is 1. The van der Waals surface area contributed by atoms with Crippen molar-refractivity contribution in [3.05, 3.63) is 35.9 Å². The van der Waals surface area contributed by atoms with Crippen LogP contribution in [0.2, 0.25) is 0 Å². The van der Waals surface area contributed by atoms with Gasteiger partial charge in [-0.25, -0.2) is 0 Å². The van der Waals surface area contributed by atoms with E-state index in [4.69, 9.17) is 0 Å². The third kappa shape index (κ3) is 2.63. The van der Waals surface area contributed by atoms with Crippen LogP contribution in [0.25, 0.3) is 0 Å². The summed E-state index contributed by atoms with van der Waals surface area (Å²) in [6.07, 6.45) is 2.39. The molecule has 1 aliphatic heterocycles. The zero-order valence-corrected chi connectivity index (χ0v) is 9.97. The highest BCUT2D eigenvalue weighted by Gasteiger charge is 2.23. The SMILES string of the molecule is CC(c1ccccc1)N1CCCC(CO)C1.